The first-order valence-electron chi connectivity index (χ1n) is 9.17. The molecular formula is C21H19Cl2N3O3S. The highest BCUT2D eigenvalue weighted by molar-refractivity contribution is 8.04. The molecule has 1 aromatic heterocycles. The van der Waals surface area contributed by atoms with Crippen LogP contribution in [0, 0.1) is 0 Å². The minimum atomic E-state index is -1.08. The second-order valence-corrected chi connectivity index (χ2v) is 7.97. The van der Waals surface area contributed by atoms with E-state index in [2.05, 4.69) is 10.2 Å². The molecule has 0 spiro atoms. The van der Waals surface area contributed by atoms with Crippen molar-refractivity contribution in [2.24, 2.45) is 0 Å². The minimum Gasteiger partial charge on any atom is -0.493 e. The van der Waals surface area contributed by atoms with Gasteiger partial charge in [-0.2, -0.15) is 0 Å². The van der Waals surface area contributed by atoms with Crippen molar-refractivity contribution in [3.05, 3.63) is 63.0 Å². The summed E-state index contributed by atoms with van der Waals surface area (Å²) in [6.45, 7) is 4.83. The van der Waals surface area contributed by atoms with Gasteiger partial charge >= 0.3 is 5.97 Å². The number of hydrogen-bond donors (Lipinski definition) is 1. The summed E-state index contributed by atoms with van der Waals surface area (Å²) in [7, 11) is 0. The summed E-state index contributed by atoms with van der Waals surface area (Å²) in [5.74, 6) is 0.111. The van der Waals surface area contributed by atoms with Crippen molar-refractivity contribution in [3.8, 4) is 17.1 Å². The molecule has 0 aliphatic heterocycles. The number of ether oxygens (including phenoxy) is 1. The number of benzene rings is 2. The lowest BCUT2D eigenvalue weighted by molar-refractivity contribution is -0.131. The van der Waals surface area contributed by atoms with Gasteiger partial charge in [0.25, 0.3) is 0 Å². The molecule has 0 fully saturated rings. The molecule has 0 aliphatic rings. The maximum absolute atomic E-state index is 11.9. The summed E-state index contributed by atoms with van der Waals surface area (Å²) in [6, 6.07) is 12.3. The first kappa shape index (κ1) is 22.2. The first-order chi connectivity index (χ1) is 14.4. The smallest absolute Gasteiger partial charge is 0.342 e. The van der Waals surface area contributed by atoms with Gasteiger partial charge < -0.3 is 14.4 Å². The Kier molecular flexibility index (Phi) is 7.42. The van der Waals surface area contributed by atoms with Gasteiger partial charge in [-0.25, -0.2) is 4.79 Å². The van der Waals surface area contributed by atoms with Crippen molar-refractivity contribution in [1.82, 2.24) is 14.8 Å². The zero-order valence-electron chi connectivity index (χ0n) is 16.3. The van der Waals surface area contributed by atoms with Crippen LogP contribution in [0.1, 0.15) is 19.4 Å². The fourth-order valence-corrected chi connectivity index (χ4v) is 3.94. The fourth-order valence-electron chi connectivity index (χ4n) is 2.76. The molecule has 6 nitrogen and oxygen atoms in total. The van der Waals surface area contributed by atoms with E-state index < -0.39 is 5.97 Å². The highest BCUT2D eigenvalue weighted by Crippen LogP contribution is 2.33. The highest BCUT2D eigenvalue weighted by Gasteiger charge is 2.19. The summed E-state index contributed by atoms with van der Waals surface area (Å²) in [4.78, 5) is 12.0. The Labute approximate surface area is 188 Å². The Morgan fingerprint density at radius 3 is 2.47 bits per heavy atom. The molecule has 30 heavy (non-hydrogen) atoms. The van der Waals surface area contributed by atoms with Crippen molar-refractivity contribution in [2.75, 3.05) is 6.61 Å². The van der Waals surface area contributed by atoms with E-state index in [1.807, 2.05) is 30.5 Å². The van der Waals surface area contributed by atoms with Crippen LogP contribution in [0.15, 0.2) is 52.5 Å². The average Bonchev–Trinajstić information content (AvgIpc) is 3.12. The second-order valence-electron chi connectivity index (χ2n) is 6.09. The van der Waals surface area contributed by atoms with Crippen molar-refractivity contribution in [2.45, 2.75) is 25.5 Å². The van der Waals surface area contributed by atoms with Crippen LogP contribution in [-0.4, -0.2) is 32.4 Å². The molecule has 0 atom stereocenters. The van der Waals surface area contributed by atoms with E-state index in [9.17, 15) is 9.90 Å². The van der Waals surface area contributed by atoms with E-state index in [0.717, 1.165) is 17.3 Å². The van der Waals surface area contributed by atoms with Crippen molar-refractivity contribution in [3.63, 3.8) is 0 Å². The molecule has 1 N–H and O–H groups in total. The van der Waals surface area contributed by atoms with Gasteiger partial charge in [0.2, 0.25) is 0 Å². The lowest BCUT2D eigenvalue weighted by atomic mass is 10.2. The molecule has 0 radical (unpaired) electrons. The normalized spacial score (nSPS) is 11.5. The van der Waals surface area contributed by atoms with Gasteiger partial charge in [0, 0.05) is 27.7 Å². The summed E-state index contributed by atoms with van der Waals surface area (Å²) in [6.07, 6.45) is 1.53. The van der Waals surface area contributed by atoms with Crippen molar-refractivity contribution in [1.29, 1.82) is 0 Å². The molecule has 2 aromatic carbocycles. The number of carboxylic acids is 1. The van der Waals surface area contributed by atoms with Crippen LogP contribution >= 0.6 is 35.0 Å². The molecule has 0 unspecified atom stereocenters. The Morgan fingerprint density at radius 2 is 1.83 bits per heavy atom. The summed E-state index contributed by atoms with van der Waals surface area (Å²) < 4.78 is 7.44. The van der Waals surface area contributed by atoms with Crippen LogP contribution < -0.4 is 4.74 Å². The number of nitrogens with zero attached hydrogens (tertiary/aromatic N) is 3. The Morgan fingerprint density at radius 1 is 1.13 bits per heavy atom. The predicted molar refractivity (Wildman–Crippen MR) is 120 cm³/mol. The van der Waals surface area contributed by atoms with E-state index in [0.29, 0.717) is 45.5 Å². The lowest BCUT2D eigenvalue weighted by Gasteiger charge is -2.10. The number of rotatable bonds is 8. The fraction of sp³-hybridized carbons (Fsp3) is 0.190. The summed E-state index contributed by atoms with van der Waals surface area (Å²) >= 11 is 13.1. The van der Waals surface area contributed by atoms with Gasteiger partial charge in [0.05, 0.1) is 6.61 Å². The molecule has 1 heterocycles. The van der Waals surface area contributed by atoms with E-state index in [1.165, 1.54) is 6.08 Å². The zero-order chi connectivity index (χ0) is 21.7. The van der Waals surface area contributed by atoms with Gasteiger partial charge in [-0.05, 0) is 74.1 Å². The van der Waals surface area contributed by atoms with E-state index in [-0.39, 0.29) is 4.91 Å². The Balaban J connectivity index is 1.99. The number of halogens is 2. The van der Waals surface area contributed by atoms with Crippen LogP contribution in [0.25, 0.3) is 17.5 Å². The summed E-state index contributed by atoms with van der Waals surface area (Å²) in [5, 5.41) is 19.8. The minimum absolute atomic E-state index is 0.0722. The number of aromatic nitrogens is 3. The van der Waals surface area contributed by atoms with Gasteiger partial charge in [-0.1, -0.05) is 23.2 Å². The molecule has 0 aliphatic carbocycles. The van der Waals surface area contributed by atoms with E-state index in [4.69, 9.17) is 27.9 Å². The van der Waals surface area contributed by atoms with Gasteiger partial charge in [-0.15, -0.1) is 10.2 Å². The average molecular weight is 464 g/mol. The van der Waals surface area contributed by atoms with Crippen LogP contribution in [-0.2, 0) is 11.3 Å². The van der Waals surface area contributed by atoms with Crippen LogP contribution in [0.2, 0.25) is 10.0 Å². The van der Waals surface area contributed by atoms with Crippen LogP contribution in [0.3, 0.4) is 0 Å². The van der Waals surface area contributed by atoms with E-state index in [1.54, 1.807) is 30.3 Å². The van der Waals surface area contributed by atoms with Crippen molar-refractivity contribution < 1.29 is 14.6 Å². The molecule has 9 heteroatoms. The quantitative estimate of drug-likeness (QED) is 0.331. The van der Waals surface area contributed by atoms with Gasteiger partial charge in [0.15, 0.2) is 11.0 Å². The molecule has 0 bridgehead atoms. The lowest BCUT2D eigenvalue weighted by Crippen LogP contribution is -2.03. The number of hydrogen-bond acceptors (Lipinski definition) is 5. The second kappa shape index (κ2) is 10.0. The largest absolute Gasteiger partial charge is 0.493 e. The molecule has 0 amide bonds. The highest BCUT2D eigenvalue weighted by atomic mass is 35.5. The van der Waals surface area contributed by atoms with E-state index >= 15 is 0 Å². The third-order valence-electron chi connectivity index (χ3n) is 4.11. The number of carboxylic acid groups (broad SMARTS) is 1. The third-order valence-corrected chi connectivity index (χ3v) is 5.59. The van der Waals surface area contributed by atoms with Crippen molar-refractivity contribution >= 4 is 47.0 Å². The molecule has 3 rings (SSSR count). The van der Waals surface area contributed by atoms with Gasteiger partial charge in [-0.3, -0.25) is 0 Å². The standard InChI is InChI=1S/C21H19Cl2N3O3S/c1-3-26-19(13-5-7-15(22)8-6-13)24-25-21(26)30-18(20(27)28)12-14-11-16(23)9-10-17(14)29-4-2/h5-12H,3-4H2,1-2H3,(H,27,28)/b18-12-. The number of thioether (sulfide) groups is 1. The number of carbonyl (C=O) groups is 1. The molecular weight excluding hydrogens is 445 g/mol. The van der Waals surface area contributed by atoms with Gasteiger partial charge in [0.1, 0.15) is 10.7 Å². The Bertz CT molecular complexity index is 1080. The monoisotopic (exact) mass is 463 g/mol. The predicted octanol–water partition coefficient (Wildman–Crippen LogP) is 5.89. The maximum atomic E-state index is 11.9. The SMILES string of the molecule is CCOc1ccc(Cl)cc1/C=C(\Sc1nnc(-c2ccc(Cl)cc2)n1CC)C(=O)O. The topological polar surface area (TPSA) is 77.2 Å². The Hall–Kier alpha value is -2.48. The van der Waals surface area contributed by atoms with Crippen LogP contribution in [0.5, 0.6) is 5.75 Å². The maximum Gasteiger partial charge on any atom is 0.342 e. The zero-order valence-corrected chi connectivity index (χ0v) is 18.6. The number of aliphatic carboxylic acids is 1. The third kappa shape index (κ3) is 5.16. The first-order valence-corrected chi connectivity index (χ1v) is 10.7. The molecule has 156 valence electrons. The molecule has 0 saturated heterocycles. The molecule has 0 saturated carbocycles. The summed E-state index contributed by atoms with van der Waals surface area (Å²) in [5.41, 5.74) is 1.42. The van der Waals surface area contributed by atoms with Crippen LogP contribution in [0.4, 0.5) is 0 Å². The molecule has 3 aromatic rings.